The lowest BCUT2D eigenvalue weighted by Crippen LogP contribution is -2.47. The molecule has 5 nitrogen and oxygen atoms in total. The summed E-state index contributed by atoms with van der Waals surface area (Å²) in [5.74, 6) is -0.548. The van der Waals surface area contributed by atoms with Crippen molar-refractivity contribution in [3.63, 3.8) is 0 Å². The van der Waals surface area contributed by atoms with Crippen molar-refractivity contribution < 1.29 is 9.59 Å². The SMILES string of the molecule is Cc1cccc(C(=O)NC(C(=O)Nc2ccc(NC(C)c3ccccc3)cc2)C(C)C)c1. The second-order valence-corrected chi connectivity index (χ2v) is 8.41. The molecule has 0 aliphatic carbocycles. The minimum Gasteiger partial charge on any atom is -0.379 e. The third-order valence-corrected chi connectivity index (χ3v) is 5.35. The van der Waals surface area contributed by atoms with Crippen molar-refractivity contribution in [2.75, 3.05) is 10.6 Å². The minimum absolute atomic E-state index is 0.0589. The molecule has 2 atom stereocenters. The summed E-state index contributed by atoms with van der Waals surface area (Å²) in [6, 6.07) is 24.7. The number of anilines is 2. The predicted octanol–water partition coefficient (Wildman–Crippen LogP) is 5.56. The molecule has 0 aliphatic rings. The molecule has 0 fully saturated rings. The highest BCUT2D eigenvalue weighted by molar-refractivity contribution is 6.01. The molecule has 5 heteroatoms. The van der Waals surface area contributed by atoms with Gasteiger partial charge in [-0.25, -0.2) is 0 Å². The van der Waals surface area contributed by atoms with Gasteiger partial charge < -0.3 is 16.0 Å². The monoisotopic (exact) mass is 429 g/mol. The molecular weight excluding hydrogens is 398 g/mol. The van der Waals surface area contributed by atoms with E-state index >= 15 is 0 Å². The standard InChI is InChI=1S/C27H31N3O2/c1-18(2)25(30-26(31)22-12-8-9-19(3)17-22)27(32)29-24-15-13-23(14-16-24)28-20(4)21-10-6-5-7-11-21/h5-18,20,25,28H,1-4H3,(H,29,32)(H,30,31). The predicted molar refractivity (Wildman–Crippen MR) is 131 cm³/mol. The first-order valence-electron chi connectivity index (χ1n) is 10.9. The summed E-state index contributed by atoms with van der Waals surface area (Å²) in [5.41, 5.74) is 4.40. The first-order chi connectivity index (χ1) is 15.3. The van der Waals surface area contributed by atoms with Crippen molar-refractivity contribution >= 4 is 23.2 Å². The van der Waals surface area contributed by atoms with Gasteiger partial charge in [0.15, 0.2) is 0 Å². The number of carbonyl (C=O) groups is 2. The van der Waals surface area contributed by atoms with Gasteiger partial charge in [0.1, 0.15) is 6.04 Å². The highest BCUT2D eigenvalue weighted by atomic mass is 16.2. The number of hydrogen-bond acceptors (Lipinski definition) is 3. The van der Waals surface area contributed by atoms with E-state index in [4.69, 9.17) is 0 Å². The van der Waals surface area contributed by atoms with Crippen LogP contribution < -0.4 is 16.0 Å². The maximum Gasteiger partial charge on any atom is 0.251 e. The maximum absolute atomic E-state index is 12.9. The zero-order valence-corrected chi connectivity index (χ0v) is 19.1. The van der Waals surface area contributed by atoms with Crippen molar-refractivity contribution in [1.29, 1.82) is 0 Å². The van der Waals surface area contributed by atoms with Crippen LogP contribution in [0.3, 0.4) is 0 Å². The summed E-state index contributed by atoms with van der Waals surface area (Å²) >= 11 is 0. The second-order valence-electron chi connectivity index (χ2n) is 8.41. The Labute approximate surface area is 190 Å². The number of rotatable bonds is 8. The highest BCUT2D eigenvalue weighted by Gasteiger charge is 2.25. The first-order valence-corrected chi connectivity index (χ1v) is 10.9. The summed E-state index contributed by atoms with van der Waals surface area (Å²) < 4.78 is 0. The second kappa shape index (κ2) is 10.6. The lowest BCUT2D eigenvalue weighted by molar-refractivity contribution is -0.118. The summed E-state index contributed by atoms with van der Waals surface area (Å²) in [4.78, 5) is 25.5. The Morgan fingerprint density at radius 2 is 1.44 bits per heavy atom. The third kappa shape index (κ3) is 6.20. The van der Waals surface area contributed by atoms with E-state index in [9.17, 15) is 9.59 Å². The van der Waals surface area contributed by atoms with Crippen LogP contribution in [0.1, 0.15) is 48.3 Å². The Balaban J connectivity index is 1.62. The van der Waals surface area contributed by atoms with Crippen LogP contribution in [-0.4, -0.2) is 17.9 Å². The molecule has 0 bridgehead atoms. The van der Waals surface area contributed by atoms with E-state index in [2.05, 4.69) is 35.0 Å². The van der Waals surface area contributed by atoms with Gasteiger partial charge >= 0.3 is 0 Å². The van der Waals surface area contributed by atoms with Gasteiger partial charge in [-0.3, -0.25) is 9.59 Å². The Bertz CT molecular complexity index is 1050. The smallest absolute Gasteiger partial charge is 0.251 e. The molecule has 2 unspecified atom stereocenters. The van der Waals surface area contributed by atoms with E-state index in [1.807, 2.05) is 81.4 Å². The number of amides is 2. The molecule has 3 N–H and O–H groups in total. The van der Waals surface area contributed by atoms with E-state index in [1.165, 1.54) is 5.56 Å². The van der Waals surface area contributed by atoms with Crippen LogP contribution in [0.4, 0.5) is 11.4 Å². The van der Waals surface area contributed by atoms with Crippen molar-refractivity contribution in [2.24, 2.45) is 5.92 Å². The van der Waals surface area contributed by atoms with Crippen molar-refractivity contribution in [1.82, 2.24) is 5.32 Å². The lowest BCUT2D eigenvalue weighted by Gasteiger charge is -2.22. The van der Waals surface area contributed by atoms with E-state index in [-0.39, 0.29) is 23.8 Å². The van der Waals surface area contributed by atoms with Gasteiger partial charge in [0.05, 0.1) is 0 Å². The highest BCUT2D eigenvalue weighted by Crippen LogP contribution is 2.21. The van der Waals surface area contributed by atoms with E-state index in [1.54, 1.807) is 6.07 Å². The minimum atomic E-state index is -0.640. The topological polar surface area (TPSA) is 70.2 Å². The fourth-order valence-electron chi connectivity index (χ4n) is 3.49. The Kier molecular flexibility index (Phi) is 7.66. The first kappa shape index (κ1) is 23.1. The quantitative estimate of drug-likeness (QED) is 0.439. The molecule has 3 aromatic rings. The summed E-state index contributed by atoms with van der Waals surface area (Å²) in [6.45, 7) is 7.87. The largest absolute Gasteiger partial charge is 0.379 e. The van der Waals surface area contributed by atoms with Crippen LogP contribution in [0.25, 0.3) is 0 Å². The molecule has 3 aromatic carbocycles. The number of aryl methyl sites for hydroxylation is 1. The summed E-state index contributed by atoms with van der Waals surface area (Å²) in [7, 11) is 0. The molecule has 0 heterocycles. The lowest BCUT2D eigenvalue weighted by atomic mass is 10.0. The average molecular weight is 430 g/mol. The van der Waals surface area contributed by atoms with Crippen LogP contribution in [-0.2, 0) is 4.79 Å². The van der Waals surface area contributed by atoms with Crippen LogP contribution in [0.5, 0.6) is 0 Å². The molecule has 3 rings (SSSR count). The number of benzene rings is 3. The van der Waals surface area contributed by atoms with Gasteiger partial charge in [0.25, 0.3) is 5.91 Å². The molecule has 2 amide bonds. The molecule has 0 aliphatic heterocycles. The zero-order chi connectivity index (χ0) is 23.1. The van der Waals surface area contributed by atoms with Gasteiger partial charge in [-0.1, -0.05) is 61.9 Å². The van der Waals surface area contributed by atoms with Crippen LogP contribution in [0, 0.1) is 12.8 Å². The van der Waals surface area contributed by atoms with Gasteiger partial charge in [0.2, 0.25) is 5.91 Å². The third-order valence-electron chi connectivity index (χ3n) is 5.35. The average Bonchev–Trinajstić information content (AvgIpc) is 2.78. The Morgan fingerprint density at radius 1 is 0.781 bits per heavy atom. The zero-order valence-electron chi connectivity index (χ0n) is 19.1. The number of hydrogen-bond donors (Lipinski definition) is 3. The maximum atomic E-state index is 12.9. The Morgan fingerprint density at radius 3 is 2.06 bits per heavy atom. The molecule has 32 heavy (non-hydrogen) atoms. The van der Waals surface area contributed by atoms with Crippen molar-refractivity contribution in [3.05, 3.63) is 95.6 Å². The van der Waals surface area contributed by atoms with Crippen LogP contribution in [0.2, 0.25) is 0 Å². The van der Waals surface area contributed by atoms with Gasteiger partial charge in [-0.15, -0.1) is 0 Å². The van der Waals surface area contributed by atoms with Gasteiger partial charge in [-0.05, 0) is 61.7 Å². The fraction of sp³-hybridized carbons (Fsp3) is 0.259. The fourth-order valence-corrected chi connectivity index (χ4v) is 3.49. The van der Waals surface area contributed by atoms with Crippen LogP contribution in [0.15, 0.2) is 78.9 Å². The van der Waals surface area contributed by atoms with E-state index in [0.717, 1.165) is 11.3 Å². The van der Waals surface area contributed by atoms with Gasteiger partial charge in [-0.2, -0.15) is 0 Å². The molecule has 0 saturated carbocycles. The molecular formula is C27H31N3O2. The molecule has 166 valence electrons. The number of nitrogens with one attached hydrogen (secondary N) is 3. The van der Waals surface area contributed by atoms with E-state index in [0.29, 0.717) is 11.3 Å². The molecule has 0 spiro atoms. The van der Waals surface area contributed by atoms with Gasteiger partial charge in [0, 0.05) is 23.0 Å². The summed E-state index contributed by atoms with van der Waals surface area (Å²) in [5, 5.41) is 9.25. The van der Waals surface area contributed by atoms with E-state index < -0.39 is 6.04 Å². The normalized spacial score (nSPS) is 12.7. The molecule has 0 aromatic heterocycles. The number of carbonyl (C=O) groups excluding carboxylic acids is 2. The molecule has 0 radical (unpaired) electrons. The van der Waals surface area contributed by atoms with Crippen molar-refractivity contribution in [3.8, 4) is 0 Å². The summed E-state index contributed by atoms with van der Waals surface area (Å²) in [6.07, 6.45) is 0. The van der Waals surface area contributed by atoms with Crippen molar-refractivity contribution in [2.45, 2.75) is 39.8 Å². The molecule has 0 saturated heterocycles. The Hall–Kier alpha value is -3.60. The van der Waals surface area contributed by atoms with Crippen LogP contribution >= 0.6 is 0 Å².